The molecule has 0 amide bonds. The molecule has 0 spiro atoms. The minimum absolute atomic E-state index is 0.0691. The number of carbonyl (C=O) groups is 1. The van der Waals surface area contributed by atoms with Gasteiger partial charge in [0.25, 0.3) is 0 Å². The summed E-state index contributed by atoms with van der Waals surface area (Å²) in [5.74, 6) is -0.0691. The molecule has 0 fully saturated rings. The molecule has 4 nitrogen and oxygen atoms in total. The number of thioether (sulfide) groups is 1. The van der Waals surface area contributed by atoms with Crippen LogP contribution in [0.3, 0.4) is 0 Å². The molecule has 2 heterocycles. The summed E-state index contributed by atoms with van der Waals surface area (Å²) in [4.78, 5) is 21.7. The van der Waals surface area contributed by atoms with Crippen LogP contribution in [0.1, 0.15) is 15.9 Å². The molecule has 2 aromatic carbocycles. The Labute approximate surface area is 155 Å². The van der Waals surface area contributed by atoms with Gasteiger partial charge in [-0.05, 0) is 42.2 Å². The van der Waals surface area contributed by atoms with Gasteiger partial charge in [-0.3, -0.25) is 4.79 Å². The third-order valence-corrected chi connectivity index (χ3v) is 5.05. The van der Waals surface area contributed by atoms with Crippen LogP contribution in [-0.4, -0.2) is 22.0 Å². The molecule has 0 bridgehead atoms. The second-order valence-electron chi connectivity index (χ2n) is 6.01. The van der Waals surface area contributed by atoms with Crippen molar-refractivity contribution in [2.45, 2.75) is 4.90 Å². The van der Waals surface area contributed by atoms with Crippen LogP contribution < -0.4 is 5.73 Å². The topological polar surface area (TPSA) is 71.8 Å². The number of hydrogen-bond donors (Lipinski definition) is 2. The lowest BCUT2D eigenvalue weighted by Gasteiger charge is -2.05. The lowest BCUT2D eigenvalue weighted by atomic mass is 10.0. The summed E-state index contributed by atoms with van der Waals surface area (Å²) < 4.78 is 0. The first-order valence-corrected chi connectivity index (χ1v) is 9.40. The Bertz CT molecular complexity index is 1120. The number of nitrogens with zero attached hydrogens (tertiary/aromatic N) is 1. The molecule has 4 aromatic rings. The monoisotopic (exact) mass is 359 g/mol. The van der Waals surface area contributed by atoms with E-state index in [1.54, 1.807) is 42.2 Å². The maximum Gasteiger partial charge on any atom is 0.195 e. The van der Waals surface area contributed by atoms with Gasteiger partial charge < -0.3 is 10.7 Å². The third kappa shape index (κ3) is 2.97. The van der Waals surface area contributed by atoms with Gasteiger partial charge in [-0.15, -0.1) is 11.8 Å². The van der Waals surface area contributed by atoms with Crippen molar-refractivity contribution in [1.29, 1.82) is 0 Å². The Morgan fingerprint density at radius 3 is 2.73 bits per heavy atom. The molecule has 4 rings (SSSR count). The van der Waals surface area contributed by atoms with Crippen molar-refractivity contribution in [1.82, 2.24) is 9.97 Å². The first-order valence-electron chi connectivity index (χ1n) is 8.17. The number of nitrogens with two attached hydrogens (primary N) is 1. The molecular weight excluding hydrogens is 342 g/mol. The van der Waals surface area contributed by atoms with Crippen molar-refractivity contribution >= 4 is 34.3 Å². The number of aromatic nitrogens is 2. The number of pyridine rings is 1. The van der Waals surface area contributed by atoms with E-state index in [0.717, 1.165) is 16.5 Å². The molecular formula is C21H17N3OS. The smallest absolute Gasteiger partial charge is 0.195 e. The lowest BCUT2D eigenvalue weighted by Crippen LogP contribution is -2.01. The molecule has 128 valence electrons. The quantitative estimate of drug-likeness (QED) is 0.313. The van der Waals surface area contributed by atoms with Crippen molar-refractivity contribution in [3.8, 4) is 11.1 Å². The zero-order chi connectivity index (χ0) is 18.1. The SMILES string of the molecule is CSc1cccc(-c2cnc3[nH]cc(C(=O)c4cccc(N)c4)c3c2)c1. The van der Waals surface area contributed by atoms with E-state index >= 15 is 0 Å². The van der Waals surface area contributed by atoms with E-state index in [1.165, 1.54) is 4.90 Å². The zero-order valence-corrected chi connectivity index (χ0v) is 15.0. The molecule has 0 unspecified atom stereocenters. The van der Waals surface area contributed by atoms with Crippen LogP contribution in [0.15, 0.2) is 71.9 Å². The number of aromatic amines is 1. The summed E-state index contributed by atoms with van der Waals surface area (Å²) in [7, 11) is 0. The number of carbonyl (C=O) groups excluding carboxylic acids is 1. The van der Waals surface area contributed by atoms with E-state index in [0.29, 0.717) is 22.5 Å². The average Bonchev–Trinajstić information content (AvgIpc) is 3.10. The number of nitrogen functional groups attached to an aromatic ring is 1. The number of hydrogen-bond acceptors (Lipinski definition) is 4. The Kier molecular flexibility index (Phi) is 4.22. The predicted molar refractivity (Wildman–Crippen MR) is 108 cm³/mol. The number of H-pyrrole nitrogens is 1. The highest BCUT2D eigenvalue weighted by Gasteiger charge is 2.16. The van der Waals surface area contributed by atoms with Crippen LogP contribution in [0, 0.1) is 0 Å². The van der Waals surface area contributed by atoms with Gasteiger partial charge >= 0.3 is 0 Å². The lowest BCUT2D eigenvalue weighted by molar-refractivity contribution is 0.104. The Morgan fingerprint density at radius 1 is 1.08 bits per heavy atom. The fourth-order valence-electron chi connectivity index (χ4n) is 2.99. The van der Waals surface area contributed by atoms with Gasteiger partial charge in [-0.25, -0.2) is 4.98 Å². The second kappa shape index (κ2) is 6.69. The number of fused-ring (bicyclic) bond motifs is 1. The van der Waals surface area contributed by atoms with Crippen molar-refractivity contribution in [3.05, 3.63) is 78.1 Å². The first kappa shape index (κ1) is 16.4. The Balaban J connectivity index is 1.81. The second-order valence-corrected chi connectivity index (χ2v) is 6.89. The number of rotatable bonds is 4. The van der Waals surface area contributed by atoms with Crippen LogP contribution in [0.25, 0.3) is 22.2 Å². The number of ketones is 1. The molecule has 0 saturated heterocycles. The summed E-state index contributed by atoms with van der Waals surface area (Å²) in [5.41, 5.74) is 10.3. The summed E-state index contributed by atoms with van der Waals surface area (Å²) >= 11 is 1.70. The minimum Gasteiger partial charge on any atom is -0.399 e. The van der Waals surface area contributed by atoms with Crippen LogP contribution in [-0.2, 0) is 0 Å². The summed E-state index contributed by atoms with van der Waals surface area (Å²) in [6.07, 6.45) is 5.59. The van der Waals surface area contributed by atoms with E-state index in [1.807, 2.05) is 18.3 Å². The highest BCUT2D eigenvalue weighted by Crippen LogP contribution is 2.28. The number of anilines is 1. The zero-order valence-electron chi connectivity index (χ0n) is 14.2. The van der Waals surface area contributed by atoms with Gasteiger partial charge in [0, 0.05) is 45.1 Å². The van der Waals surface area contributed by atoms with Crippen LogP contribution in [0.2, 0.25) is 0 Å². The normalized spacial score (nSPS) is 11.0. The summed E-state index contributed by atoms with van der Waals surface area (Å²) in [6.45, 7) is 0. The molecule has 5 heteroatoms. The van der Waals surface area contributed by atoms with Crippen molar-refractivity contribution in [3.63, 3.8) is 0 Å². The van der Waals surface area contributed by atoms with Gasteiger partial charge in [-0.2, -0.15) is 0 Å². The first-order chi connectivity index (χ1) is 12.7. The van der Waals surface area contributed by atoms with Crippen molar-refractivity contribution in [2.24, 2.45) is 0 Å². The molecule has 0 atom stereocenters. The Morgan fingerprint density at radius 2 is 1.92 bits per heavy atom. The van der Waals surface area contributed by atoms with E-state index in [9.17, 15) is 4.79 Å². The van der Waals surface area contributed by atoms with Gasteiger partial charge in [-0.1, -0.05) is 24.3 Å². The van der Waals surface area contributed by atoms with E-state index < -0.39 is 0 Å². The molecule has 0 aliphatic heterocycles. The maximum atomic E-state index is 12.9. The molecule has 3 N–H and O–H groups in total. The Hall–Kier alpha value is -3.05. The third-order valence-electron chi connectivity index (χ3n) is 4.33. The highest BCUT2D eigenvalue weighted by molar-refractivity contribution is 7.98. The standard InChI is InChI=1S/C21H17N3OS/c1-26-17-7-3-4-13(9-17)15-10-18-19(12-24-21(18)23-11-15)20(25)14-5-2-6-16(22)8-14/h2-12H,22H2,1H3,(H,23,24). The number of nitrogens with one attached hydrogen (secondary N) is 1. The van der Waals surface area contributed by atoms with Gasteiger partial charge in [0.2, 0.25) is 0 Å². The van der Waals surface area contributed by atoms with Gasteiger partial charge in [0.1, 0.15) is 5.65 Å². The fourth-order valence-corrected chi connectivity index (χ4v) is 3.45. The van der Waals surface area contributed by atoms with Crippen LogP contribution in [0.5, 0.6) is 0 Å². The van der Waals surface area contributed by atoms with Crippen molar-refractivity contribution in [2.75, 3.05) is 12.0 Å². The summed E-state index contributed by atoms with van der Waals surface area (Å²) in [6, 6.07) is 17.3. The predicted octanol–water partition coefficient (Wildman–Crippen LogP) is 4.77. The molecule has 0 aliphatic carbocycles. The largest absolute Gasteiger partial charge is 0.399 e. The number of benzene rings is 2. The van der Waals surface area contributed by atoms with Crippen LogP contribution >= 0.6 is 11.8 Å². The van der Waals surface area contributed by atoms with E-state index in [-0.39, 0.29) is 5.78 Å². The average molecular weight is 359 g/mol. The van der Waals surface area contributed by atoms with Crippen molar-refractivity contribution < 1.29 is 4.79 Å². The molecule has 2 aromatic heterocycles. The molecule has 26 heavy (non-hydrogen) atoms. The highest BCUT2D eigenvalue weighted by atomic mass is 32.2. The molecule has 0 aliphatic rings. The van der Waals surface area contributed by atoms with Gasteiger partial charge in [0.05, 0.1) is 0 Å². The van der Waals surface area contributed by atoms with E-state index in [2.05, 4.69) is 34.4 Å². The maximum absolute atomic E-state index is 12.9. The molecule has 0 saturated carbocycles. The molecule has 0 radical (unpaired) electrons. The minimum atomic E-state index is -0.0691. The summed E-state index contributed by atoms with van der Waals surface area (Å²) in [5, 5.41) is 0.810. The van der Waals surface area contributed by atoms with E-state index in [4.69, 9.17) is 5.73 Å². The van der Waals surface area contributed by atoms with Crippen LogP contribution in [0.4, 0.5) is 5.69 Å². The van der Waals surface area contributed by atoms with Gasteiger partial charge in [0.15, 0.2) is 5.78 Å². The fraction of sp³-hybridized carbons (Fsp3) is 0.0476.